The maximum Gasteiger partial charge on any atom is 0.137 e. The number of fused-ring (bicyclic) bond motifs is 10. The number of para-hydroxylation sites is 3. The van der Waals surface area contributed by atoms with E-state index in [1.807, 2.05) is 36.7 Å². The predicted octanol–water partition coefficient (Wildman–Crippen LogP) is 14.7. The first-order valence-corrected chi connectivity index (χ1v) is 24.0. The molecule has 4 aliphatic rings. The molecular weight excluding hydrogens is 829 g/mol. The third-order valence-electron chi connectivity index (χ3n) is 15.3. The molecule has 3 aliphatic carbocycles. The Kier molecular flexibility index (Phi) is 8.05. The highest BCUT2D eigenvalue weighted by molar-refractivity contribution is 6.14. The van der Waals surface area contributed by atoms with Crippen molar-refractivity contribution in [3.8, 4) is 33.8 Å². The van der Waals surface area contributed by atoms with E-state index in [4.69, 9.17) is 9.97 Å². The number of allylic oxidation sites excluding steroid dienone is 2. The summed E-state index contributed by atoms with van der Waals surface area (Å²) in [7, 11) is 0. The lowest BCUT2D eigenvalue weighted by Crippen LogP contribution is -2.28. The number of pyridine rings is 2. The second-order valence-electron chi connectivity index (χ2n) is 18.8. The third kappa shape index (κ3) is 5.46. The summed E-state index contributed by atoms with van der Waals surface area (Å²) < 4.78 is 4.89. The smallest absolute Gasteiger partial charge is 0.137 e. The van der Waals surface area contributed by atoms with E-state index in [1.165, 1.54) is 111 Å². The van der Waals surface area contributed by atoms with Crippen molar-refractivity contribution in [3.05, 3.63) is 228 Å². The van der Waals surface area contributed by atoms with Crippen LogP contribution in [0.15, 0.2) is 200 Å². The molecule has 0 fully saturated rings. The normalized spacial score (nSPS) is 16.4. The van der Waals surface area contributed by atoms with Gasteiger partial charge in [0.25, 0.3) is 0 Å². The third-order valence-corrected chi connectivity index (χ3v) is 15.3. The summed E-state index contributed by atoms with van der Waals surface area (Å²) in [6, 6.07) is 60.6. The number of nitrogens with one attached hydrogen (secondary N) is 1. The molecule has 6 nitrogen and oxygen atoms in total. The van der Waals surface area contributed by atoms with Crippen molar-refractivity contribution in [2.45, 2.75) is 37.6 Å². The van der Waals surface area contributed by atoms with Crippen LogP contribution in [0.25, 0.3) is 77.4 Å². The van der Waals surface area contributed by atoms with Gasteiger partial charge in [-0.25, -0.2) is 9.97 Å². The van der Waals surface area contributed by atoms with E-state index in [-0.39, 0.29) is 6.04 Å². The SMILES string of the molecule is C1=CC2c3ccccc3N(c3ccc(Nc4ccccn4)c(-c4cc5c6c(c4)CCc4c-6c(cc6c7cc(-n8c9ccccc9c9ccccc98)ccc7n(-c7ccccn7)c46)CC5)c3)C2C=C1. The fourth-order valence-electron chi connectivity index (χ4n) is 12.5. The molecule has 15 rings (SSSR count). The summed E-state index contributed by atoms with van der Waals surface area (Å²) >= 11 is 0. The lowest BCUT2D eigenvalue weighted by Gasteiger charge is -2.32. The second kappa shape index (κ2) is 14.5. The number of rotatable bonds is 6. The van der Waals surface area contributed by atoms with Crippen LogP contribution in [0.4, 0.5) is 22.9 Å². The molecule has 4 aromatic heterocycles. The fraction of sp³-hybridized carbons (Fsp3) is 0.0968. The predicted molar refractivity (Wildman–Crippen MR) is 280 cm³/mol. The molecule has 7 aromatic carbocycles. The average molecular weight is 873 g/mol. The van der Waals surface area contributed by atoms with Crippen molar-refractivity contribution in [1.29, 1.82) is 0 Å². The zero-order valence-electron chi connectivity index (χ0n) is 37.3. The molecular formula is C62H44N6. The van der Waals surface area contributed by atoms with Crippen molar-refractivity contribution >= 4 is 66.5 Å². The molecule has 6 heteroatoms. The molecule has 0 saturated heterocycles. The van der Waals surface area contributed by atoms with Crippen molar-refractivity contribution in [1.82, 2.24) is 19.1 Å². The molecule has 0 bridgehead atoms. The van der Waals surface area contributed by atoms with Crippen molar-refractivity contribution in [3.63, 3.8) is 0 Å². The fourth-order valence-corrected chi connectivity index (χ4v) is 12.5. The first-order chi connectivity index (χ1) is 33.7. The largest absolute Gasteiger partial charge is 0.340 e. The molecule has 5 heterocycles. The lowest BCUT2D eigenvalue weighted by atomic mass is 9.73. The standard InChI is InChI=1S/C62H44N6/c1-5-17-53-44(13-1)45-14-2-6-18-54(45)66(53)42-26-29-52(65-58-21-9-11-31-63-58)49(36-42)41-33-38-23-24-40-35-51-50-37-43(67-55-19-7-3-15-46(55)47-16-4-8-20-56(47)67)27-30-57(50)68(59-22-10-12-32-64-59)62(51)48-28-25-39(34-41)60(38)61(40)48/h1-22,26-27,29-37,44,53H,23-25,28H2,(H,63,65). The van der Waals surface area contributed by atoms with Crippen LogP contribution in [0.1, 0.15) is 33.7 Å². The van der Waals surface area contributed by atoms with E-state index in [9.17, 15) is 0 Å². The molecule has 0 amide bonds. The Labute approximate surface area is 393 Å². The van der Waals surface area contributed by atoms with Crippen LogP contribution in [-0.4, -0.2) is 25.1 Å². The molecule has 2 unspecified atom stereocenters. The van der Waals surface area contributed by atoms with E-state index >= 15 is 0 Å². The van der Waals surface area contributed by atoms with Crippen LogP contribution in [0.2, 0.25) is 0 Å². The molecule has 0 spiro atoms. The van der Waals surface area contributed by atoms with Gasteiger partial charge in [-0.2, -0.15) is 0 Å². The van der Waals surface area contributed by atoms with E-state index in [2.05, 4.69) is 183 Å². The number of anilines is 4. The highest BCUT2D eigenvalue weighted by Gasteiger charge is 2.38. The van der Waals surface area contributed by atoms with E-state index < -0.39 is 0 Å². The first-order valence-electron chi connectivity index (χ1n) is 24.0. The van der Waals surface area contributed by atoms with Gasteiger partial charge in [0.15, 0.2) is 0 Å². The van der Waals surface area contributed by atoms with Gasteiger partial charge in [-0.1, -0.05) is 103 Å². The summed E-state index contributed by atoms with van der Waals surface area (Å²) in [6.45, 7) is 0. The van der Waals surface area contributed by atoms with E-state index in [1.54, 1.807) is 0 Å². The van der Waals surface area contributed by atoms with Gasteiger partial charge >= 0.3 is 0 Å². The van der Waals surface area contributed by atoms with Crippen molar-refractivity contribution < 1.29 is 0 Å². The highest BCUT2D eigenvalue weighted by atomic mass is 15.2. The van der Waals surface area contributed by atoms with Gasteiger partial charge in [0.1, 0.15) is 11.6 Å². The number of hydrogen-bond donors (Lipinski definition) is 1. The molecule has 68 heavy (non-hydrogen) atoms. The summed E-state index contributed by atoms with van der Waals surface area (Å²) in [5, 5.41) is 8.84. The zero-order valence-corrected chi connectivity index (χ0v) is 37.3. The van der Waals surface area contributed by atoms with Crippen LogP contribution < -0.4 is 10.2 Å². The van der Waals surface area contributed by atoms with E-state index in [0.29, 0.717) is 5.92 Å². The van der Waals surface area contributed by atoms with Gasteiger partial charge < -0.3 is 14.8 Å². The van der Waals surface area contributed by atoms with Crippen molar-refractivity contribution in [2.75, 3.05) is 10.2 Å². The Bertz CT molecular complexity index is 3900. The average Bonchev–Trinajstić information content (AvgIpc) is 4.04. The Balaban J connectivity index is 0.916. The number of nitrogens with zero attached hydrogens (tertiary/aromatic N) is 5. The Hall–Kier alpha value is -8.48. The molecule has 1 N–H and O–H groups in total. The van der Waals surface area contributed by atoms with Gasteiger partial charge in [-0.15, -0.1) is 0 Å². The number of aromatic nitrogens is 4. The zero-order chi connectivity index (χ0) is 44.5. The minimum absolute atomic E-state index is 0.221. The van der Waals surface area contributed by atoms with E-state index in [0.717, 1.165) is 43.0 Å². The van der Waals surface area contributed by atoms with Gasteiger partial charge in [-0.05, 0) is 155 Å². The summed E-state index contributed by atoms with van der Waals surface area (Å²) in [4.78, 5) is 12.2. The molecule has 322 valence electrons. The maximum absolute atomic E-state index is 5.01. The van der Waals surface area contributed by atoms with Crippen molar-refractivity contribution in [2.24, 2.45) is 0 Å². The molecule has 0 saturated carbocycles. The molecule has 0 radical (unpaired) electrons. The molecule has 1 aliphatic heterocycles. The first kappa shape index (κ1) is 37.7. The Morgan fingerprint density at radius 1 is 0.500 bits per heavy atom. The molecule has 2 atom stereocenters. The minimum Gasteiger partial charge on any atom is -0.340 e. The van der Waals surface area contributed by atoms with Gasteiger partial charge in [0, 0.05) is 68.2 Å². The van der Waals surface area contributed by atoms with Crippen LogP contribution in [0, 0.1) is 0 Å². The number of benzene rings is 7. The Morgan fingerprint density at radius 2 is 1.19 bits per heavy atom. The monoisotopic (exact) mass is 872 g/mol. The van der Waals surface area contributed by atoms with Crippen LogP contribution in [-0.2, 0) is 25.7 Å². The summed E-state index contributed by atoms with van der Waals surface area (Å²) in [6.07, 6.45) is 16.8. The van der Waals surface area contributed by atoms with Gasteiger partial charge in [0.05, 0.1) is 28.1 Å². The maximum atomic E-state index is 5.01. The van der Waals surface area contributed by atoms with Crippen LogP contribution >= 0.6 is 0 Å². The topological polar surface area (TPSA) is 50.9 Å². The summed E-state index contributed by atoms with van der Waals surface area (Å²) in [5.74, 6) is 2.10. The van der Waals surface area contributed by atoms with Gasteiger partial charge in [-0.3, -0.25) is 4.57 Å². The number of hydrogen-bond acceptors (Lipinski definition) is 4. The Morgan fingerprint density at radius 3 is 1.99 bits per heavy atom. The van der Waals surface area contributed by atoms with Crippen LogP contribution in [0.3, 0.4) is 0 Å². The van der Waals surface area contributed by atoms with Crippen LogP contribution in [0.5, 0.6) is 0 Å². The molecule has 11 aromatic rings. The van der Waals surface area contributed by atoms with Gasteiger partial charge in [0.2, 0.25) is 0 Å². The lowest BCUT2D eigenvalue weighted by molar-refractivity contribution is 0.745. The summed E-state index contributed by atoms with van der Waals surface area (Å²) in [5.41, 5.74) is 22.0. The highest BCUT2D eigenvalue weighted by Crippen LogP contribution is 2.52. The minimum atomic E-state index is 0.221. The number of aryl methyl sites for hydroxylation is 4. The quantitative estimate of drug-likeness (QED) is 0.181. The second-order valence-corrected chi connectivity index (χ2v) is 18.8.